The molecule has 4 amide bonds. The van der Waals surface area contributed by atoms with Gasteiger partial charge in [-0.25, -0.2) is 14.6 Å². The molecule has 4 rings (SSSR count). The second kappa shape index (κ2) is 12.4. The standard InChI is InChI=1S/C29H35N5O7/c1-18(2)25-24(26(37)34-29(3,27(38)39)14-21(33(25)34)20-12-8-5-9-13-20)32-23(36)16-30-22(35)15-31-28(40)41-17-19-10-6-4-7-11-19/h4-13,18,21,24-25H,14-17H2,1-3H3,(H,30,35)(H,31,40)(H,32,36)(H,38,39)/t21-,24-,25-,29-/m1/s1. The van der Waals surface area contributed by atoms with Gasteiger partial charge in [0, 0.05) is 6.42 Å². The highest BCUT2D eigenvalue weighted by Crippen LogP contribution is 2.49. The highest BCUT2D eigenvalue weighted by molar-refractivity contribution is 5.95. The van der Waals surface area contributed by atoms with Crippen molar-refractivity contribution in [2.24, 2.45) is 5.92 Å². The third-order valence-electron chi connectivity index (χ3n) is 7.43. The van der Waals surface area contributed by atoms with E-state index < -0.39 is 60.5 Å². The van der Waals surface area contributed by atoms with Crippen LogP contribution in [0.15, 0.2) is 60.7 Å². The number of carboxylic acids is 1. The number of hydrogen-bond acceptors (Lipinski definition) is 7. The molecule has 0 saturated carbocycles. The van der Waals surface area contributed by atoms with Gasteiger partial charge < -0.3 is 25.8 Å². The van der Waals surface area contributed by atoms with Crippen molar-refractivity contribution in [3.05, 3.63) is 71.8 Å². The fraction of sp³-hybridized carbons (Fsp3) is 0.414. The lowest BCUT2D eigenvalue weighted by atomic mass is 9.88. The Labute approximate surface area is 238 Å². The lowest BCUT2D eigenvalue weighted by Crippen LogP contribution is -2.54. The fourth-order valence-electron chi connectivity index (χ4n) is 5.43. The summed E-state index contributed by atoms with van der Waals surface area (Å²) in [6.07, 6.45) is -0.590. The molecule has 2 saturated heterocycles. The molecule has 2 heterocycles. The van der Waals surface area contributed by atoms with E-state index in [0.29, 0.717) is 0 Å². The van der Waals surface area contributed by atoms with E-state index in [1.165, 1.54) is 11.9 Å². The Morgan fingerprint density at radius 2 is 1.59 bits per heavy atom. The number of fused-ring (bicyclic) bond motifs is 1. The molecule has 2 fully saturated rings. The number of alkyl carbamates (subject to hydrolysis) is 1. The predicted molar refractivity (Wildman–Crippen MR) is 147 cm³/mol. The van der Waals surface area contributed by atoms with Crippen LogP contribution < -0.4 is 16.0 Å². The Hall–Kier alpha value is -4.45. The Morgan fingerprint density at radius 3 is 2.20 bits per heavy atom. The third-order valence-corrected chi connectivity index (χ3v) is 7.43. The molecule has 2 aromatic carbocycles. The molecule has 12 heteroatoms. The van der Waals surface area contributed by atoms with Crippen molar-refractivity contribution < 1.29 is 33.8 Å². The Balaban J connectivity index is 1.36. The van der Waals surface area contributed by atoms with Crippen LogP contribution in [-0.4, -0.2) is 75.6 Å². The van der Waals surface area contributed by atoms with Gasteiger partial charge in [0.25, 0.3) is 5.91 Å². The number of rotatable bonds is 10. The van der Waals surface area contributed by atoms with Crippen molar-refractivity contribution in [3.63, 3.8) is 0 Å². The summed E-state index contributed by atoms with van der Waals surface area (Å²) < 4.78 is 5.05. The first kappa shape index (κ1) is 29.5. The Bertz CT molecular complexity index is 1290. The summed E-state index contributed by atoms with van der Waals surface area (Å²) in [5, 5.41) is 20.6. The zero-order valence-corrected chi connectivity index (χ0v) is 23.2. The average Bonchev–Trinajstić information content (AvgIpc) is 3.43. The maximum absolute atomic E-state index is 13.7. The van der Waals surface area contributed by atoms with E-state index in [4.69, 9.17) is 4.74 Å². The lowest BCUT2D eigenvalue weighted by molar-refractivity contribution is -0.164. The van der Waals surface area contributed by atoms with E-state index in [-0.39, 0.29) is 25.0 Å². The zero-order chi connectivity index (χ0) is 29.7. The SMILES string of the molecule is CC(C)[C@@H]1[C@@H](NC(=O)CNC(=O)CNC(=O)OCc2ccccc2)C(=O)N2N1[C@@H](c1ccccc1)C[C@]2(C)C(=O)O. The number of carbonyl (C=O) groups excluding carboxylic acids is 4. The van der Waals surface area contributed by atoms with Gasteiger partial charge in [0.05, 0.1) is 18.6 Å². The molecule has 218 valence electrons. The summed E-state index contributed by atoms with van der Waals surface area (Å²) >= 11 is 0. The van der Waals surface area contributed by atoms with Gasteiger partial charge in [-0.1, -0.05) is 74.5 Å². The van der Waals surface area contributed by atoms with Gasteiger partial charge in [0.1, 0.15) is 19.2 Å². The number of aliphatic carboxylic acids is 1. The summed E-state index contributed by atoms with van der Waals surface area (Å²) in [7, 11) is 0. The van der Waals surface area contributed by atoms with Crippen LogP contribution in [0, 0.1) is 5.92 Å². The molecule has 4 atom stereocenters. The molecular weight excluding hydrogens is 530 g/mol. The number of hydrazine groups is 1. The second-order valence-corrected chi connectivity index (χ2v) is 10.7. The predicted octanol–water partition coefficient (Wildman–Crippen LogP) is 1.59. The smallest absolute Gasteiger partial charge is 0.407 e. The van der Waals surface area contributed by atoms with E-state index in [1.54, 1.807) is 17.1 Å². The van der Waals surface area contributed by atoms with Crippen LogP contribution in [0.1, 0.15) is 44.4 Å². The molecule has 0 spiro atoms. The van der Waals surface area contributed by atoms with Gasteiger partial charge in [-0.2, -0.15) is 0 Å². The summed E-state index contributed by atoms with van der Waals surface area (Å²) in [6, 6.07) is 16.5. The number of carboxylic acid groups (broad SMARTS) is 1. The van der Waals surface area contributed by atoms with E-state index in [2.05, 4.69) is 16.0 Å². The highest BCUT2D eigenvalue weighted by atomic mass is 16.5. The minimum atomic E-state index is -1.50. The number of ether oxygens (including phenoxy) is 1. The van der Waals surface area contributed by atoms with Crippen molar-refractivity contribution >= 4 is 29.8 Å². The number of nitrogens with one attached hydrogen (secondary N) is 3. The van der Waals surface area contributed by atoms with Crippen molar-refractivity contribution in [2.75, 3.05) is 13.1 Å². The van der Waals surface area contributed by atoms with Crippen LogP contribution >= 0.6 is 0 Å². The monoisotopic (exact) mass is 565 g/mol. The van der Waals surface area contributed by atoms with Gasteiger partial charge in [-0.05, 0) is 24.0 Å². The van der Waals surface area contributed by atoms with Crippen LogP contribution in [0.25, 0.3) is 0 Å². The number of hydrogen-bond donors (Lipinski definition) is 4. The van der Waals surface area contributed by atoms with Gasteiger partial charge in [0.15, 0.2) is 5.54 Å². The second-order valence-electron chi connectivity index (χ2n) is 10.7. The molecule has 0 radical (unpaired) electrons. The molecule has 0 aliphatic carbocycles. The first-order valence-electron chi connectivity index (χ1n) is 13.4. The molecule has 4 N–H and O–H groups in total. The minimum absolute atomic E-state index is 0.0449. The molecule has 0 aromatic heterocycles. The molecule has 0 unspecified atom stereocenters. The van der Waals surface area contributed by atoms with E-state index in [1.807, 2.05) is 62.4 Å². The number of amides is 4. The van der Waals surface area contributed by atoms with Crippen LogP contribution in [-0.2, 0) is 30.5 Å². The van der Waals surface area contributed by atoms with Crippen molar-refractivity contribution in [1.29, 1.82) is 0 Å². The van der Waals surface area contributed by atoms with E-state index >= 15 is 0 Å². The first-order chi connectivity index (χ1) is 19.5. The zero-order valence-electron chi connectivity index (χ0n) is 23.2. The molecule has 2 aliphatic heterocycles. The number of benzene rings is 2. The summed E-state index contributed by atoms with van der Waals surface area (Å²) in [6.45, 7) is 4.53. The lowest BCUT2D eigenvalue weighted by Gasteiger charge is -2.35. The quantitative estimate of drug-likeness (QED) is 0.338. The van der Waals surface area contributed by atoms with Gasteiger partial charge in [-0.15, -0.1) is 0 Å². The first-order valence-corrected chi connectivity index (χ1v) is 13.4. The van der Waals surface area contributed by atoms with E-state index in [9.17, 15) is 29.1 Å². The van der Waals surface area contributed by atoms with Gasteiger partial charge >= 0.3 is 12.1 Å². The molecule has 0 bridgehead atoms. The highest BCUT2D eigenvalue weighted by Gasteiger charge is 2.64. The van der Waals surface area contributed by atoms with Crippen molar-refractivity contribution in [2.45, 2.75) is 57.5 Å². The molecular formula is C29H35N5O7. The van der Waals surface area contributed by atoms with Crippen molar-refractivity contribution in [1.82, 2.24) is 26.0 Å². The van der Waals surface area contributed by atoms with Gasteiger partial charge in [0.2, 0.25) is 11.8 Å². The number of carbonyl (C=O) groups is 5. The van der Waals surface area contributed by atoms with Crippen LogP contribution in [0.4, 0.5) is 4.79 Å². The average molecular weight is 566 g/mol. The summed E-state index contributed by atoms with van der Waals surface area (Å²) in [5.41, 5.74) is 0.162. The summed E-state index contributed by atoms with van der Waals surface area (Å²) in [4.78, 5) is 63.0. The fourth-order valence-corrected chi connectivity index (χ4v) is 5.43. The molecule has 2 aromatic rings. The number of nitrogens with zero attached hydrogens (tertiary/aromatic N) is 2. The van der Waals surface area contributed by atoms with Crippen LogP contribution in [0.5, 0.6) is 0 Å². The Morgan fingerprint density at radius 1 is 0.976 bits per heavy atom. The topological polar surface area (TPSA) is 157 Å². The minimum Gasteiger partial charge on any atom is -0.479 e. The maximum atomic E-state index is 13.7. The van der Waals surface area contributed by atoms with Crippen molar-refractivity contribution in [3.8, 4) is 0 Å². The third kappa shape index (κ3) is 6.32. The maximum Gasteiger partial charge on any atom is 0.407 e. The molecule has 41 heavy (non-hydrogen) atoms. The van der Waals surface area contributed by atoms with Gasteiger partial charge in [-0.3, -0.25) is 19.4 Å². The Kier molecular flexibility index (Phi) is 8.92. The molecule has 12 nitrogen and oxygen atoms in total. The van der Waals surface area contributed by atoms with Crippen LogP contribution in [0.3, 0.4) is 0 Å². The largest absolute Gasteiger partial charge is 0.479 e. The van der Waals surface area contributed by atoms with E-state index in [0.717, 1.165) is 11.1 Å². The normalized spacial score (nSPS) is 23.7. The summed E-state index contributed by atoms with van der Waals surface area (Å²) in [5.74, 6) is -3.02. The molecule has 2 aliphatic rings. The van der Waals surface area contributed by atoms with Crippen LogP contribution in [0.2, 0.25) is 0 Å².